The summed E-state index contributed by atoms with van der Waals surface area (Å²) in [6.45, 7) is 2.35. The zero-order valence-electron chi connectivity index (χ0n) is 17.5. The summed E-state index contributed by atoms with van der Waals surface area (Å²) in [5, 5.41) is 3.13. The first-order valence-corrected chi connectivity index (χ1v) is 11.5. The minimum atomic E-state index is -0.0716. The molecule has 164 valence electrons. The van der Waals surface area contributed by atoms with Gasteiger partial charge in [-0.3, -0.25) is 14.6 Å². The maximum Gasteiger partial charge on any atom is 0.261 e. The highest BCUT2D eigenvalue weighted by atomic mass is 32.1. The van der Waals surface area contributed by atoms with Crippen molar-refractivity contribution in [2.75, 3.05) is 26.3 Å². The number of aromatic nitrogens is 1. The Balaban J connectivity index is 1.18. The van der Waals surface area contributed by atoms with Gasteiger partial charge in [-0.05, 0) is 60.9 Å². The van der Waals surface area contributed by atoms with E-state index in [1.54, 1.807) is 24.5 Å². The Morgan fingerprint density at radius 3 is 2.50 bits per heavy atom. The number of benzene rings is 1. The third kappa shape index (κ3) is 4.31. The van der Waals surface area contributed by atoms with Crippen molar-refractivity contribution < 1.29 is 19.1 Å². The molecule has 2 aliphatic rings. The van der Waals surface area contributed by atoms with Crippen molar-refractivity contribution in [1.29, 1.82) is 0 Å². The fourth-order valence-electron chi connectivity index (χ4n) is 3.97. The standard InChI is InChI=1S/C24H23N3O4S/c28-23(26-18-7-11-27(12-8-18)24(29)16-5-9-25-10-6-16)22-4-3-21(32-22)17-1-2-19-20(15-17)31-14-13-30-19/h1-6,9-10,15,18H,7-8,11-14H2,(H,26,28). The molecule has 1 aromatic carbocycles. The number of amides is 2. The molecule has 0 bridgehead atoms. The molecule has 0 aliphatic carbocycles. The number of ether oxygens (including phenoxy) is 2. The van der Waals surface area contributed by atoms with Crippen molar-refractivity contribution in [3.63, 3.8) is 0 Å². The van der Waals surface area contributed by atoms with Crippen LogP contribution in [-0.2, 0) is 0 Å². The van der Waals surface area contributed by atoms with Gasteiger partial charge in [0.25, 0.3) is 11.8 Å². The number of carbonyl (C=O) groups excluding carboxylic acids is 2. The van der Waals surface area contributed by atoms with E-state index >= 15 is 0 Å². The number of nitrogens with zero attached hydrogens (tertiary/aromatic N) is 2. The van der Waals surface area contributed by atoms with Crippen molar-refractivity contribution in [2.24, 2.45) is 0 Å². The molecule has 32 heavy (non-hydrogen) atoms. The van der Waals surface area contributed by atoms with E-state index in [1.165, 1.54) is 11.3 Å². The normalized spacial score (nSPS) is 15.9. The summed E-state index contributed by atoms with van der Waals surface area (Å²) in [7, 11) is 0. The van der Waals surface area contributed by atoms with Gasteiger partial charge in [0.1, 0.15) is 13.2 Å². The monoisotopic (exact) mass is 449 g/mol. The van der Waals surface area contributed by atoms with Gasteiger partial charge in [0.15, 0.2) is 11.5 Å². The highest BCUT2D eigenvalue weighted by Crippen LogP contribution is 2.37. The minimum absolute atomic E-state index is 0.0134. The first kappa shape index (κ1) is 20.5. The molecule has 2 aliphatic heterocycles. The number of fused-ring (bicyclic) bond motifs is 1. The highest BCUT2D eigenvalue weighted by molar-refractivity contribution is 7.17. The number of carbonyl (C=O) groups is 2. The quantitative estimate of drug-likeness (QED) is 0.658. The molecule has 0 atom stereocenters. The van der Waals surface area contributed by atoms with Gasteiger partial charge in [-0.25, -0.2) is 0 Å². The largest absolute Gasteiger partial charge is 0.486 e. The second-order valence-electron chi connectivity index (χ2n) is 7.80. The van der Waals surface area contributed by atoms with Crippen LogP contribution in [0.5, 0.6) is 11.5 Å². The van der Waals surface area contributed by atoms with Crippen molar-refractivity contribution in [3.05, 3.63) is 65.3 Å². The van der Waals surface area contributed by atoms with Gasteiger partial charge in [0.05, 0.1) is 4.88 Å². The number of likely N-dealkylation sites (tertiary alicyclic amines) is 1. The van der Waals surface area contributed by atoms with Crippen LogP contribution >= 0.6 is 11.3 Å². The Morgan fingerprint density at radius 2 is 1.72 bits per heavy atom. The minimum Gasteiger partial charge on any atom is -0.486 e. The maximum absolute atomic E-state index is 12.8. The Hall–Kier alpha value is -3.39. The Labute approximate surface area is 190 Å². The Morgan fingerprint density at radius 1 is 0.969 bits per heavy atom. The van der Waals surface area contributed by atoms with Gasteiger partial charge >= 0.3 is 0 Å². The van der Waals surface area contributed by atoms with Gasteiger partial charge in [-0.15, -0.1) is 11.3 Å². The molecular formula is C24H23N3O4S. The topological polar surface area (TPSA) is 80.8 Å². The van der Waals surface area contributed by atoms with Crippen molar-refractivity contribution >= 4 is 23.2 Å². The van der Waals surface area contributed by atoms with E-state index < -0.39 is 0 Å². The molecule has 2 amide bonds. The number of pyridine rings is 1. The molecular weight excluding hydrogens is 426 g/mol. The highest BCUT2D eigenvalue weighted by Gasteiger charge is 2.25. The molecule has 0 radical (unpaired) electrons. The van der Waals surface area contributed by atoms with Crippen LogP contribution in [0.15, 0.2) is 54.9 Å². The molecule has 4 heterocycles. The van der Waals surface area contributed by atoms with Gasteiger partial charge in [0.2, 0.25) is 0 Å². The second kappa shape index (κ2) is 9.00. The molecule has 5 rings (SSSR count). The van der Waals surface area contributed by atoms with Crippen LogP contribution in [0, 0.1) is 0 Å². The molecule has 0 spiro atoms. The van der Waals surface area contributed by atoms with E-state index in [2.05, 4.69) is 10.3 Å². The summed E-state index contributed by atoms with van der Waals surface area (Å²) < 4.78 is 11.2. The second-order valence-corrected chi connectivity index (χ2v) is 8.88. The summed E-state index contributed by atoms with van der Waals surface area (Å²) in [5.74, 6) is 1.43. The van der Waals surface area contributed by atoms with Crippen LogP contribution in [0.3, 0.4) is 0 Å². The third-order valence-corrected chi connectivity index (χ3v) is 6.83. The molecule has 1 fully saturated rings. The van der Waals surface area contributed by atoms with E-state index in [0.717, 1.165) is 34.8 Å². The average molecular weight is 450 g/mol. The van der Waals surface area contributed by atoms with Crippen LogP contribution in [0.1, 0.15) is 32.9 Å². The predicted molar refractivity (Wildman–Crippen MR) is 121 cm³/mol. The molecule has 0 saturated carbocycles. The summed E-state index contributed by atoms with van der Waals surface area (Å²) >= 11 is 1.46. The maximum atomic E-state index is 12.8. The SMILES string of the molecule is O=C(NC1CCN(C(=O)c2ccncc2)CC1)c1ccc(-c2ccc3c(c2)OCCO3)s1. The molecule has 8 heteroatoms. The molecule has 0 unspecified atom stereocenters. The molecule has 1 N–H and O–H groups in total. The molecule has 2 aromatic heterocycles. The molecule has 1 saturated heterocycles. The van der Waals surface area contributed by atoms with Gasteiger partial charge in [-0.2, -0.15) is 0 Å². The lowest BCUT2D eigenvalue weighted by Crippen LogP contribution is -2.46. The lowest BCUT2D eigenvalue weighted by molar-refractivity contribution is 0.0698. The summed E-state index contributed by atoms with van der Waals surface area (Å²) in [4.78, 5) is 32.8. The third-order valence-electron chi connectivity index (χ3n) is 5.70. The van der Waals surface area contributed by atoms with Crippen LogP contribution in [0.2, 0.25) is 0 Å². The summed E-state index contributed by atoms with van der Waals surface area (Å²) in [5.41, 5.74) is 1.65. The van der Waals surface area contributed by atoms with Gasteiger partial charge in [-0.1, -0.05) is 0 Å². The number of nitrogens with one attached hydrogen (secondary N) is 1. The Kier molecular flexibility index (Phi) is 5.77. The molecule has 3 aromatic rings. The van der Waals surface area contributed by atoms with E-state index in [4.69, 9.17) is 9.47 Å². The van der Waals surface area contributed by atoms with Crippen molar-refractivity contribution in [2.45, 2.75) is 18.9 Å². The van der Waals surface area contributed by atoms with Crippen LogP contribution in [0.25, 0.3) is 10.4 Å². The van der Waals surface area contributed by atoms with E-state index in [9.17, 15) is 9.59 Å². The van der Waals surface area contributed by atoms with Crippen LogP contribution in [0.4, 0.5) is 0 Å². The smallest absolute Gasteiger partial charge is 0.261 e. The van der Waals surface area contributed by atoms with Crippen LogP contribution < -0.4 is 14.8 Å². The van der Waals surface area contributed by atoms with E-state index in [0.29, 0.717) is 36.7 Å². The lowest BCUT2D eigenvalue weighted by atomic mass is 10.0. The zero-order chi connectivity index (χ0) is 21.9. The van der Waals surface area contributed by atoms with Crippen LogP contribution in [-0.4, -0.2) is 54.0 Å². The number of hydrogen-bond donors (Lipinski definition) is 1. The van der Waals surface area contributed by atoms with Crippen molar-refractivity contribution in [3.8, 4) is 21.9 Å². The summed E-state index contributed by atoms with van der Waals surface area (Å²) in [6.07, 6.45) is 4.73. The first-order chi connectivity index (χ1) is 15.7. The predicted octanol–water partition coefficient (Wildman–Crippen LogP) is 3.62. The number of piperidine rings is 1. The number of thiophene rings is 1. The fraction of sp³-hybridized carbons (Fsp3) is 0.292. The number of hydrogen-bond acceptors (Lipinski definition) is 6. The summed E-state index contributed by atoms with van der Waals surface area (Å²) in [6, 6.07) is 13.2. The Bertz CT molecular complexity index is 1120. The first-order valence-electron chi connectivity index (χ1n) is 10.7. The van der Waals surface area contributed by atoms with Gasteiger partial charge in [0, 0.05) is 42.0 Å². The zero-order valence-corrected chi connectivity index (χ0v) is 18.3. The van der Waals surface area contributed by atoms with E-state index in [-0.39, 0.29) is 17.9 Å². The van der Waals surface area contributed by atoms with E-state index in [1.807, 2.05) is 35.2 Å². The number of rotatable bonds is 4. The molecule has 7 nitrogen and oxygen atoms in total. The van der Waals surface area contributed by atoms with Crippen molar-refractivity contribution in [1.82, 2.24) is 15.2 Å². The fourth-order valence-corrected chi connectivity index (χ4v) is 4.88. The van der Waals surface area contributed by atoms with Gasteiger partial charge < -0.3 is 19.7 Å². The lowest BCUT2D eigenvalue weighted by Gasteiger charge is -2.32. The average Bonchev–Trinajstić information content (AvgIpc) is 3.35.